The molecule has 4 rings (SSSR count). The van der Waals surface area contributed by atoms with Gasteiger partial charge in [-0.2, -0.15) is 4.98 Å². The van der Waals surface area contributed by atoms with Crippen molar-refractivity contribution in [2.45, 2.75) is 45.7 Å². The van der Waals surface area contributed by atoms with Gasteiger partial charge < -0.3 is 4.52 Å². The Labute approximate surface area is 140 Å². The third-order valence-corrected chi connectivity index (χ3v) is 4.63. The molecule has 0 radical (unpaired) electrons. The van der Waals surface area contributed by atoms with Crippen LogP contribution in [0.1, 0.15) is 49.0 Å². The number of aromatic nitrogens is 4. The van der Waals surface area contributed by atoms with E-state index in [0.29, 0.717) is 12.4 Å². The molecule has 1 atom stereocenters. The number of fused-ring (bicyclic) bond motifs is 1. The van der Waals surface area contributed by atoms with Crippen LogP contribution in [0, 0.1) is 6.92 Å². The van der Waals surface area contributed by atoms with E-state index in [9.17, 15) is 0 Å². The highest BCUT2D eigenvalue weighted by Crippen LogP contribution is 2.31. The number of rotatable bonds is 4. The summed E-state index contributed by atoms with van der Waals surface area (Å²) >= 11 is 0. The number of benzene rings is 1. The first-order valence-corrected chi connectivity index (χ1v) is 8.53. The summed E-state index contributed by atoms with van der Waals surface area (Å²) in [6.07, 6.45) is 2.95. The molecule has 1 saturated heterocycles. The largest absolute Gasteiger partial charge is 0.339 e. The number of hydrogen-bond donors (Lipinski definition) is 0. The van der Waals surface area contributed by atoms with Gasteiger partial charge in [0.1, 0.15) is 5.82 Å². The minimum absolute atomic E-state index is 0.199. The molecular formula is C18H21N5O. The van der Waals surface area contributed by atoms with Crippen LogP contribution in [0.25, 0.3) is 10.9 Å². The van der Waals surface area contributed by atoms with Crippen molar-refractivity contribution in [2.75, 3.05) is 6.54 Å². The summed E-state index contributed by atoms with van der Waals surface area (Å²) in [5.74, 6) is 2.36. The van der Waals surface area contributed by atoms with E-state index >= 15 is 0 Å². The van der Waals surface area contributed by atoms with Gasteiger partial charge in [0.2, 0.25) is 5.89 Å². The van der Waals surface area contributed by atoms with E-state index in [4.69, 9.17) is 14.5 Å². The summed E-state index contributed by atoms with van der Waals surface area (Å²) in [6.45, 7) is 5.79. The van der Waals surface area contributed by atoms with Gasteiger partial charge in [0, 0.05) is 17.5 Å². The fraction of sp³-hybridized carbons (Fsp3) is 0.444. The van der Waals surface area contributed by atoms with Crippen LogP contribution in [-0.2, 0) is 13.0 Å². The Hall–Kier alpha value is -2.34. The average Bonchev–Trinajstić information content (AvgIpc) is 3.23. The Morgan fingerprint density at radius 1 is 1.21 bits per heavy atom. The lowest BCUT2D eigenvalue weighted by molar-refractivity contribution is 0.228. The molecule has 24 heavy (non-hydrogen) atoms. The van der Waals surface area contributed by atoms with Crippen molar-refractivity contribution < 1.29 is 4.52 Å². The molecule has 3 heterocycles. The van der Waals surface area contributed by atoms with Gasteiger partial charge in [0.15, 0.2) is 5.82 Å². The lowest BCUT2D eigenvalue weighted by atomic mass is 10.2. The summed E-state index contributed by atoms with van der Waals surface area (Å²) in [5.41, 5.74) is 2.03. The number of likely N-dealkylation sites (tertiary alicyclic amines) is 1. The Kier molecular flexibility index (Phi) is 3.98. The molecule has 1 aromatic carbocycles. The molecule has 1 aliphatic heterocycles. The van der Waals surface area contributed by atoms with E-state index < -0.39 is 0 Å². The smallest absolute Gasteiger partial charge is 0.226 e. The summed E-state index contributed by atoms with van der Waals surface area (Å²) in [4.78, 5) is 16.3. The lowest BCUT2D eigenvalue weighted by Gasteiger charge is -2.21. The van der Waals surface area contributed by atoms with Gasteiger partial charge in [-0.15, -0.1) is 0 Å². The van der Waals surface area contributed by atoms with Gasteiger partial charge in [-0.05, 0) is 32.4 Å². The van der Waals surface area contributed by atoms with Gasteiger partial charge >= 0.3 is 0 Å². The maximum atomic E-state index is 5.28. The quantitative estimate of drug-likeness (QED) is 0.734. The van der Waals surface area contributed by atoms with Crippen LogP contribution in [-0.4, -0.2) is 31.6 Å². The van der Waals surface area contributed by atoms with E-state index in [1.165, 1.54) is 0 Å². The molecule has 1 aliphatic rings. The Morgan fingerprint density at radius 2 is 2.08 bits per heavy atom. The zero-order valence-electron chi connectivity index (χ0n) is 14.1. The van der Waals surface area contributed by atoms with Gasteiger partial charge in [-0.25, -0.2) is 9.97 Å². The highest BCUT2D eigenvalue weighted by Gasteiger charge is 2.30. The third-order valence-electron chi connectivity index (χ3n) is 4.63. The summed E-state index contributed by atoms with van der Waals surface area (Å²) < 4.78 is 5.28. The SMILES string of the molecule is CCc1nc(C2CCCN2Cc2nc(C)c3ccccc3n2)no1. The second-order valence-electron chi connectivity index (χ2n) is 6.27. The minimum atomic E-state index is 0.199. The number of nitrogens with zero attached hydrogens (tertiary/aromatic N) is 5. The predicted octanol–water partition coefficient (Wildman–Crippen LogP) is 3.22. The first-order valence-electron chi connectivity index (χ1n) is 8.53. The predicted molar refractivity (Wildman–Crippen MR) is 90.3 cm³/mol. The fourth-order valence-electron chi connectivity index (χ4n) is 3.40. The van der Waals surface area contributed by atoms with Crippen molar-refractivity contribution in [2.24, 2.45) is 0 Å². The third kappa shape index (κ3) is 2.78. The first-order chi connectivity index (χ1) is 11.7. The average molecular weight is 323 g/mol. The topological polar surface area (TPSA) is 67.9 Å². The molecular weight excluding hydrogens is 302 g/mol. The van der Waals surface area contributed by atoms with E-state index in [1.54, 1.807) is 0 Å². The van der Waals surface area contributed by atoms with Gasteiger partial charge in [0.25, 0.3) is 0 Å². The van der Waals surface area contributed by atoms with E-state index in [-0.39, 0.29) is 6.04 Å². The lowest BCUT2D eigenvalue weighted by Crippen LogP contribution is -2.25. The number of para-hydroxylation sites is 1. The summed E-state index contributed by atoms with van der Waals surface area (Å²) in [7, 11) is 0. The van der Waals surface area contributed by atoms with Crippen LogP contribution in [0.3, 0.4) is 0 Å². The van der Waals surface area contributed by atoms with Crippen molar-refractivity contribution in [3.8, 4) is 0 Å². The number of hydrogen-bond acceptors (Lipinski definition) is 6. The van der Waals surface area contributed by atoms with E-state index in [1.807, 2.05) is 32.0 Å². The molecule has 3 aromatic rings. The molecule has 6 heteroatoms. The van der Waals surface area contributed by atoms with Crippen LogP contribution in [0.2, 0.25) is 0 Å². The van der Waals surface area contributed by atoms with Crippen LogP contribution in [0.15, 0.2) is 28.8 Å². The van der Waals surface area contributed by atoms with Crippen molar-refractivity contribution >= 4 is 10.9 Å². The van der Waals surface area contributed by atoms with Crippen molar-refractivity contribution in [3.05, 3.63) is 47.5 Å². The van der Waals surface area contributed by atoms with Gasteiger partial charge in [-0.3, -0.25) is 4.90 Å². The molecule has 1 fully saturated rings. The molecule has 0 spiro atoms. The molecule has 1 unspecified atom stereocenters. The minimum Gasteiger partial charge on any atom is -0.339 e. The standard InChI is InChI=1S/C18H21N5O/c1-3-17-21-18(22-24-17)15-9-6-10-23(15)11-16-19-12(2)13-7-4-5-8-14(13)20-16/h4-5,7-8,15H,3,6,9-11H2,1-2H3. The molecule has 124 valence electrons. The first kappa shape index (κ1) is 15.2. The van der Waals surface area contributed by atoms with E-state index in [2.05, 4.69) is 21.1 Å². The fourth-order valence-corrected chi connectivity index (χ4v) is 3.40. The van der Waals surface area contributed by atoms with Crippen molar-refractivity contribution in [3.63, 3.8) is 0 Å². The molecule has 0 N–H and O–H groups in total. The zero-order chi connectivity index (χ0) is 16.5. The second-order valence-corrected chi connectivity index (χ2v) is 6.27. The van der Waals surface area contributed by atoms with Crippen LogP contribution >= 0.6 is 0 Å². The maximum Gasteiger partial charge on any atom is 0.226 e. The van der Waals surface area contributed by atoms with Crippen LogP contribution in [0.4, 0.5) is 0 Å². The Morgan fingerprint density at radius 3 is 2.92 bits per heavy atom. The molecule has 6 nitrogen and oxygen atoms in total. The summed E-state index contributed by atoms with van der Waals surface area (Å²) in [5, 5.41) is 5.28. The van der Waals surface area contributed by atoms with Crippen LogP contribution in [0.5, 0.6) is 0 Å². The molecule has 2 aromatic heterocycles. The number of aryl methyl sites for hydroxylation is 2. The highest BCUT2D eigenvalue weighted by molar-refractivity contribution is 5.80. The normalized spacial score (nSPS) is 18.5. The summed E-state index contributed by atoms with van der Waals surface area (Å²) in [6, 6.07) is 8.35. The monoisotopic (exact) mass is 323 g/mol. The maximum absolute atomic E-state index is 5.28. The van der Waals surface area contributed by atoms with E-state index in [0.717, 1.165) is 54.1 Å². The molecule has 0 aliphatic carbocycles. The Bertz CT molecular complexity index is 859. The van der Waals surface area contributed by atoms with Gasteiger partial charge in [-0.1, -0.05) is 30.3 Å². The van der Waals surface area contributed by atoms with Crippen molar-refractivity contribution in [1.29, 1.82) is 0 Å². The van der Waals surface area contributed by atoms with Gasteiger partial charge in [0.05, 0.1) is 18.1 Å². The van der Waals surface area contributed by atoms with Crippen molar-refractivity contribution in [1.82, 2.24) is 25.0 Å². The highest BCUT2D eigenvalue weighted by atomic mass is 16.5. The zero-order valence-corrected chi connectivity index (χ0v) is 14.1. The molecule has 0 amide bonds. The second kappa shape index (κ2) is 6.28. The molecule has 0 saturated carbocycles. The Balaban J connectivity index is 1.59. The van der Waals surface area contributed by atoms with Crippen LogP contribution < -0.4 is 0 Å². The molecule has 0 bridgehead atoms.